The van der Waals surface area contributed by atoms with Crippen LogP contribution in [0.15, 0.2) is 34.9 Å². The SMILES string of the molecule is CC(C)[C@@H](C(=O)C1CCC[C@@H](c2ncc(-c3ccc(Br)cc3)[nH]2)CC1)N(C)C(=O)OC(C)(C)C. The van der Waals surface area contributed by atoms with Crippen molar-refractivity contribution >= 4 is 27.8 Å². The lowest BCUT2D eigenvalue weighted by Crippen LogP contribution is -2.49. The van der Waals surface area contributed by atoms with Crippen molar-refractivity contribution in [2.24, 2.45) is 11.8 Å². The van der Waals surface area contributed by atoms with Crippen molar-refractivity contribution in [3.05, 3.63) is 40.8 Å². The van der Waals surface area contributed by atoms with E-state index >= 15 is 0 Å². The van der Waals surface area contributed by atoms with Crippen LogP contribution in [0.1, 0.15) is 78.5 Å². The maximum Gasteiger partial charge on any atom is 0.410 e. The van der Waals surface area contributed by atoms with Crippen LogP contribution < -0.4 is 0 Å². The minimum absolute atomic E-state index is 0.0163. The largest absolute Gasteiger partial charge is 0.444 e. The van der Waals surface area contributed by atoms with Crippen molar-refractivity contribution in [3.8, 4) is 11.3 Å². The van der Waals surface area contributed by atoms with Gasteiger partial charge in [-0.05, 0) is 70.1 Å². The van der Waals surface area contributed by atoms with E-state index in [0.717, 1.165) is 53.7 Å². The molecule has 6 nitrogen and oxygen atoms in total. The minimum Gasteiger partial charge on any atom is -0.444 e. The van der Waals surface area contributed by atoms with Gasteiger partial charge in [0.2, 0.25) is 0 Å². The molecular weight excluding hydrogens is 494 g/mol. The molecule has 1 saturated carbocycles. The Morgan fingerprint density at radius 1 is 1.12 bits per heavy atom. The van der Waals surface area contributed by atoms with Crippen molar-refractivity contribution in [1.29, 1.82) is 0 Å². The molecule has 1 amide bonds. The average molecular weight is 533 g/mol. The van der Waals surface area contributed by atoms with Crippen LogP contribution in [0.25, 0.3) is 11.3 Å². The predicted molar refractivity (Wildman–Crippen MR) is 139 cm³/mol. The molecular formula is C27H38BrN3O3. The molecule has 0 aliphatic heterocycles. The molecule has 1 heterocycles. The number of amides is 1. The van der Waals surface area contributed by atoms with E-state index in [1.54, 1.807) is 7.05 Å². The molecule has 7 heteroatoms. The molecule has 1 aromatic heterocycles. The van der Waals surface area contributed by atoms with Gasteiger partial charge >= 0.3 is 6.09 Å². The highest BCUT2D eigenvalue weighted by atomic mass is 79.9. The summed E-state index contributed by atoms with van der Waals surface area (Å²) < 4.78 is 6.58. The molecule has 34 heavy (non-hydrogen) atoms. The van der Waals surface area contributed by atoms with Gasteiger partial charge in [-0.2, -0.15) is 0 Å². The molecule has 1 N–H and O–H groups in total. The number of nitrogens with one attached hydrogen (secondary N) is 1. The van der Waals surface area contributed by atoms with Crippen molar-refractivity contribution < 1.29 is 14.3 Å². The van der Waals surface area contributed by atoms with Crippen molar-refractivity contribution in [1.82, 2.24) is 14.9 Å². The Bertz CT molecular complexity index is 978. The summed E-state index contributed by atoms with van der Waals surface area (Å²) in [5.74, 6) is 1.42. The maximum atomic E-state index is 13.6. The smallest absolute Gasteiger partial charge is 0.410 e. The summed E-state index contributed by atoms with van der Waals surface area (Å²) >= 11 is 3.48. The standard InChI is InChI=1S/C27H38BrN3O3/c1-17(2)23(31(6)26(33)34-27(3,4)5)24(32)19-8-7-9-20(11-10-19)25-29-16-22(30-25)18-12-14-21(28)15-13-18/h12-17,19-20,23H,7-11H2,1-6H3,(H,29,30)/t19?,20-,23+/m1/s1. The van der Waals surface area contributed by atoms with E-state index < -0.39 is 17.7 Å². The average Bonchev–Trinajstić information content (AvgIpc) is 3.10. The quantitative estimate of drug-likeness (QED) is 0.408. The van der Waals surface area contributed by atoms with Crippen molar-refractivity contribution in [2.75, 3.05) is 7.05 Å². The van der Waals surface area contributed by atoms with Gasteiger partial charge in [0.25, 0.3) is 0 Å². The zero-order valence-electron chi connectivity index (χ0n) is 21.2. The highest BCUT2D eigenvalue weighted by Gasteiger charge is 2.37. The van der Waals surface area contributed by atoms with E-state index in [0.29, 0.717) is 5.92 Å². The molecule has 1 fully saturated rings. The van der Waals surface area contributed by atoms with Crippen molar-refractivity contribution in [3.63, 3.8) is 0 Å². The summed E-state index contributed by atoms with van der Waals surface area (Å²) in [6, 6.07) is 7.70. The molecule has 3 rings (SSSR count). The molecule has 1 aliphatic carbocycles. The Kier molecular flexibility index (Phi) is 8.61. The number of carbonyl (C=O) groups excluding carboxylic acids is 2. The zero-order chi connectivity index (χ0) is 25.0. The van der Waals surface area contributed by atoms with Crippen LogP contribution in [0.5, 0.6) is 0 Å². The number of ketones is 1. The summed E-state index contributed by atoms with van der Waals surface area (Å²) in [5, 5.41) is 0. The lowest BCUT2D eigenvalue weighted by Gasteiger charge is -2.34. The van der Waals surface area contributed by atoms with Gasteiger partial charge in [0, 0.05) is 23.4 Å². The van der Waals surface area contributed by atoms with Crippen LogP contribution in [0.3, 0.4) is 0 Å². The highest BCUT2D eigenvalue weighted by Crippen LogP contribution is 2.35. The monoisotopic (exact) mass is 531 g/mol. The highest BCUT2D eigenvalue weighted by molar-refractivity contribution is 9.10. The zero-order valence-corrected chi connectivity index (χ0v) is 22.8. The number of carbonyl (C=O) groups is 2. The second-order valence-electron chi connectivity index (χ2n) is 10.8. The van der Waals surface area contributed by atoms with Crippen LogP contribution in [0.2, 0.25) is 0 Å². The Morgan fingerprint density at radius 3 is 2.41 bits per heavy atom. The summed E-state index contributed by atoms with van der Waals surface area (Å²) in [5.41, 5.74) is 1.52. The molecule has 2 aromatic rings. The Hall–Kier alpha value is -2.15. The van der Waals surface area contributed by atoms with Gasteiger partial charge in [-0.15, -0.1) is 0 Å². The molecule has 0 bridgehead atoms. The fourth-order valence-electron chi connectivity index (χ4n) is 4.84. The first-order chi connectivity index (χ1) is 16.0. The third-order valence-corrected chi connectivity index (χ3v) is 7.06. The lowest BCUT2D eigenvalue weighted by molar-refractivity contribution is -0.129. The molecule has 0 spiro atoms. The number of hydrogen-bond donors (Lipinski definition) is 1. The molecule has 1 aliphatic rings. The molecule has 0 saturated heterocycles. The van der Waals surface area contributed by atoms with E-state index in [2.05, 4.69) is 38.0 Å². The number of benzene rings is 1. The fourth-order valence-corrected chi connectivity index (χ4v) is 5.10. The van der Waals surface area contributed by atoms with Crippen LogP contribution >= 0.6 is 15.9 Å². The first-order valence-corrected chi connectivity index (χ1v) is 13.1. The minimum atomic E-state index is -0.594. The Labute approximate surface area is 212 Å². The molecule has 0 radical (unpaired) electrons. The number of halogens is 1. The lowest BCUT2D eigenvalue weighted by atomic mass is 9.85. The second-order valence-corrected chi connectivity index (χ2v) is 11.7. The van der Waals surface area contributed by atoms with Crippen LogP contribution in [0, 0.1) is 11.8 Å². The topological polar surface area (TPSA) is 75.3 Å². The Balaban J connectivity index is 1.67. The first-order valence-electron chi connectivity index (χ1n) is 12.3. The van der Waals surface area contributed by atoms with Gasteiger partial charge in [-0.3, -0.25) is 4.79 Å². The van der Waals surface area contributed by atoms with E-state index in [4.69, 9.17) is 4.74 Å². The molecule has 186 valence electrons. The number of imidazole rings is 1. The number of ether oxygens (including phenoxy) is 1. The van der Waals surface area contributed by atoms with E-state index in [1.165, 1.54) is 4.90 Å². The number of nitrogens with zero attached hydrogens (tertiary/aromatic N) is 2. The molecule has 1 unspecified atom stereocenters. The number of aromatic nitrogens is 2. The third kappa shape index (κ3) is 6.71. The third-order valence-electron chi connectivity index (χ3n) is 6.53. The van der Waals surface area contributed by atoms with Crippen molar-refractivity contribution in [2.45, 2.75) is 84.3 Å². The van der Waals surface area contributed by atoms with Gasteiger partial charge in [-0.25, -0.2) is 9.78 Å². The number of aromatic amines is 1. The summed E-state index contributed by atoms with van der Waals surface area (Å²) in [4.78, 5) is 35.9. The normalized spacial score (nSPS) is 20.0. The summed E-state index contributed by atoms with van der Waals surface area (Å²) in [6.07, 6.45) is 6.00. The summed E-state index contributed by atoms with van der Waals surface area (Å²) in [6.45, 7) is 9.51. The number of likely N-dealkylation sites (N-methyl/N-ethyl adjacent to an activating group) is 1. The number of H-pyrrole nitrogens is 1. The fraction of sp³-hybridized carbons (Fsp3) is 0.593. The Morgan fingerprint density at radius 2 is 1.79 bits per heavy atom. The van der Waals surface area contributed by atoms with Gasteiger partial charge < -0.3 is 14.6 Å². The van der Waals surface area contributed by atoms with Gasteiger partial charge in [0.1, 0.15) is 11.4 Å². The second kappa shape index (κ2) is 11.1. The van der Waals surface area contributed by atoms with E-state index in [-0.39, 0.29) is 17.6 Å². The molecule has 3 atom stereocenters. The van der Waals surface area contributed by atoms with E-state index in [1.807, 2.05) is 52.9 Å². The number of rotatable bonds is 6. The first kappa shape index (κ1) is 26.5. The number of hydrogen-bond acceptors (Lipinski definition) is 4. The van der Waals surface area contributed by atoms with Crippen LogP contribution in [0.4, 0.5) is 4.79 Å². The maximum absolute atomic E-state index is 13.6. The van der Waals surface area contributed by atoms with Crippen LogP contribution in [-0.2, 0) is 9.53 Å². The number of Topliss-reactive ketones (excluding diaryl/α,β-unsaturated/α-hetero) is 1. The van der Waals surface area contributed by atoms with Crippen LogP contribution in [-0.4, -0.2) is 45.4 Å². The predicted octanol–water partition coefficient (Wildman–Crippen LogP) is 6.96. The summed E-state index contributed by atoms with van der Waals surface area (Å²) in [7, 11) is 1.68. The van der Waals surface area contributed by atoms with Gasteiger partial charge in [0.15, 0.2) is 5.78 Å². The molecule has 1 aromatic carbocycles. The van der Waals surface area contributed by atoms with Gasteiger partial charge in [-0.1, -0.05) is 48.3 Å². The van der Waals surface area contributed by atoms with E-state index in [9.17, 15) is 9.59 Å². The van der Waals surface area contributed by atoms with Gasteiger partial charge in [0.05, 0.1) is 17.9 Å².